The fourth-order valence-corrected chi connectivity index (χ4v) is 1.79. The molecule has 1 aromatic carbocycles. The smallest absolute Gasteiger partial charge is 0.310 e. The third kappa shape index (κ3) is 3.77. The molecule has 0 saturated carbocycles. The number of nitrogens with zero attached hydrogens (tertiary/aromatic N) is 1. The molecule has 1 aromatic rings. The van der Waals surface area contributed by atoms with Gasteiger partial charge in [-0.2, -0.15) is 0 Å². The van der Waals surface area contributed by atoms with E-state index in [9.17, 15) is 14.9 Å². The van der Waals surface area contributed by atoms with Crippen LogP contribution >= 0.6 is 0 Å². The number of hydrogen-bond donors (Lipinski definition) is 0. The second-order valence-electron chi connectivity index (χ2n) is 4.69. The van der Waals surface area contributed by atoms with Crippen molar-refractivity contribution in [1.29, 1.82) is 0 Å². The van der Waals surface area contributed by atoms with Crippen LogP contribution in [0.3, 0.4) is 0 Å². The minimum atomic E-state index is -0.478. The number of benzene rings is 1. The summed E-state index contributed by atoms with van der Waals surface area (Å²) in [7, 11) is 0. The van der Waals surface area contributed by atoms with Crippen molar-refractivity contribution < 1.29 is 14.5 Å². The Morgan fingerprint density at radius 2 is 2.00 bits per heavy atom. The van der Waals surface area contributed by atoms with Gasteiger partial charge in [-0.25, -0.2) is 0 Å². The quantitative estimate of drug-likeness (QED) is 0.583. The summed E-state index contributed by atoms with van der Waals surface area (Å²) in [6, 6.07) is 4.60. The summed E-state index contributed by atoms with van der Waals surface area (Å²) in [5.41, 5.74) is 0.668. The van der Waals surface area contributed by atoms with Crippen LogP contribution in [0.1, 0.15) is 45.6 Å². The number of hydrogen-bond acceptors (Lipinski definition) is 4. The highest BCUT2D eigenvalue weighted by molar-refractivity contribution is 5.85. The van der Waals surface area contributed by atoms with Gasteiger partial charge in [-0.05, 0) is 25.5 Å². The minimum Gasteiger partial charge on any atom is -0.484 e. The van der Waals surface area contributed by atoms with E-state index < -0.39 is 4.92 Å². The van der Waals surface area contributed by atoms with Gasteiger partial charge in [-0.3, -0.25) is 14.9 Å². The van der Waals surface area contributed by atoms with E-state index in [1.165, 1.54) is 6.07 Å². The van der Waals surface area contributed by atoms with Crippen molar-refractivity contribution in [3.63, 3.8) is 0 Å². The molecule has 0 N–H and O–H groups in total. The summed E-state index contributed by atoms with van der Waals surface area (Å²) in [6.07, 6.45) is 0.282. The van der Waals surface area contributed by atoms with Crippen LogP contribution in [0.2, 0.25) is 0 Å². The fraction of sp³-hybridized carbons (Fsp3) is 0.500. The zero-order valence-electron chi connectivity index (χ0n) is 11.7. The molecule has 0 amide bonds. The van der Waals surface area contributed by atoms with Crippen LogP contribution in [0.25, 0.3) is 0 Å². The van der Waals surface area contributed by atoms with Crippen molar-refractivity contribution in [2.45, 2.75) is 46.1 Å². The van der Waals surface area contributed by atoms with Gasteiger partial charge >= 0.3 is 5.69 Å². The van der Waals surface area contributed by atoms with Crippen molar-refractivity contribution >= 4 is 11.5 Å². The van der Waals surface area contributed by atoms with Crippen molar-refractivity contribution in [3.8, 4) is 5.75 Å². The lowest BCUT2D eigenvalue weighted by Crippen LogP contribution is -2.10. The molecule has 0 spiro atoms. The molecule has 0 aliphatic rings. The zero-order chi connectivity index (χ0) is 14.6. The average Bonchev–Trinajstić information content (AvgIpc) is 2.35. The highest BCUT2D eigenvalue weighted by Gasteiger charge is 2.20. The second kappa shape index (κ2) is 6.31. The Morgan fingerprint density at radius 1 is 1.37 bits per heavy atom. The number of carbonyl (C=O) groups excluding carboxylic acids is 1. The molecule has 1 unspecified atom stereocenters. The first kappa shape index (κ1) is 15.1. The number of rotatable bonds is 6. The van der Waals surface area contributed by atoms with Crippen LogP contribution in [-0.2, 0) is 4.79 Å². The van der Waals surface area contributed by atoms with E-state index in [0.29, 0.717) is 6.42 Å². The van der Waals surface area contributed by atoms with Gasteiger partial charge < -0.3 is 4.74 Å². The maximum atomic E-state index is 11.7. The SMILES string of the molecule is CCC(=O)C(C)c1ccc([N+](=O)[O-])c(OC(C)C)c1. The van der Waals surface area contributed by atoms with Gasteiger partial charge in [0.15, 0.2) is 5.75 Å². The number of ether oxygens (including phenoxy) is 1. The summed E-state index contributed by atoms with van der Waals surface area (Å²) in [6.45, 7) is 7.20. The van der Waals surface area contributed by atoms with Gasteiger partial charge in [0.1, 0.15) is 5.78 Å². The number of nitro benzene ring substituents is 1. The lowest BCUT2D eigenvalue weighted by Gasteiger charge is -2.14. The van der Waals surface area contributed by atoms with Gasteiger partial charge in [0.25, 0.3) is 0 Å². The van der Waals surface area contributed by atoms with E-state index in [2.05, 4.69) is 0 Å². The van der Waals surface area contributed by atoms with Gasteiger partial charge in [0.05, 0.1) is 11.0 Å². The lowest BCUT2D eigenvalue weighted by molar-refractivity contribution is -0.386. The molecule has 104 valence electrons. The van der Waals surface area contributed by atoms with E-state index in [1.54, 1.807) is 39.8 Å². The Bertz CT molecular complexity index is 482. The molecule has 1 atom stereocenters. The Kier molecular flexibility index (Phi) is 5.03. The number of ketones is 1. The highest BCUT2D eigenvalue weighted by Crippen LogP contribution is 2.32. The number of nitro groups is 1. The molecule has 0 aliphatic carbocycles. The monoisotopic (exact) mass is 265 g/mol. The molecule has 5 nitrogen and oxygen atoms in total. The molecule has 0 heterocycles. The van der Waals surface area contributed by atoms with Crippen LogP contribution in [-0.4, -0.2) is 16.8 Å². The Balaban J connectivity index is 3.17. The van der Waals surface area contributed by atoms with E-state index in [4.69, 9.17) is 4.74 Å². The van der Waals surface area contributed by atoms with E-state index in [-0.39, 0.29) is 29.2 Å². The molecular weight excluding hydrogens is 246 g/mol. The van der Waals surface area contributed by atoms with Gasteiger partial charge in [-0.15, -0.1) is 0 Å². The highest BCUT2D eigenvalue weighted by atomic mass is 16.6. The first-order valence-corrected chi connectivity index (χ1v) is 6.34. The fourth-order valence-electron chi connectivity index (χ4n) is 1.79. The van der Waals surface area contributed by atoms with E-state index in [1.807, 2.05) is 0 Å². The summed E-state index contributed by atoms with van der Waals surface area (Å²) in [5, 5.41) is 10.9. The van der Waals surface area contributed by atoms with Crippen molar-refractivity contribution in [3.05, 3.63) is 33.9 Å². The third-order valence-electron chi connectivity index (χ3n) is 2.87. The van der Waals surface area contributed by atoms with Gasteiger partial charge in [-0.1, -0.05) is 19.9 Å². The molecule has 0 aromatic heterocycles. The number of Topliss-reactive ketones (excluding diaryl/α,β-unsaturated/α-hetero) is 1. The van der Waals surface area contributed by atoms with E-state index >= 15 is 0 Å². The minimum absolute atomic E-state index is 0.0754. The molecular formula is C14H19NO4. The maximum absolute atomic E-state index is 11.7. The molecule has 0 radical (unpaired) electrons. The molecule has 1 rings (SSSR count). The molecule has 5 heteroatoms. The standard InChI is InChI=1S/C14H19NO4/c1-5-13(16)10(4)11-6-7-12(15(17)18)14(8-11)19-9(2)3/h6-10H,5H2,1-4H3. The first-order chi connectivity index (χ1) is 8.86. The third-order valence-corrected chi connectivity index (χ3v) is 2.87. The average molecular weight is 265 g/mol. The predicted molar refractivity (Wildman–Crippen MR) is 72.6 cm³/mol. The summed E-state index contributed by atoms with van der Waals surface area (Å²) in [5.74, 6) is 0.0397. The summed E-state index contributed by atoms with van der Waals surface area (Å²) in [4.78, 5) is 22.1. The van der Waals surface area contributed by atoms with Crippen LogP contribution < -0.4 is 4.74 Å². The van der Waals surface area contributed by atoms with E-state index in [0.717, 1.165) is 5.56 Å². The van der Waals surface area contributed by atoms with Gasteiger partial charge in [0.2, 0.25) is 0 Å². The Hall–Kier alpha value is -1.91. The molecule has 0 saturated heterocycles. The zero-order valence-corrected chi connectivity index (χ0v) is 11.7. The number of carbonyl (C=O) groups is 1. The van der Waals surface area contributed by atoms with Crippen molar-refractivity contribution in [1.82, 2.24) is 0 Å². The van der Waals surface area contributed by atoms with Crippen LogP contribution in [0.4, 0.5) is 5.69 Å². The molecule has 0 fully saturated rings. The summed E-state index contributed by atoms with van der Waals surface area (Å²) >= 11 is 0. The first-order valence-electron chi connectivity index (χ1n) is 6.34. The molecule has 19 heavy (non-hydrogen) atoms. The molecule has 0 bridgehead atoms. The maximum Gasteiger partial charge on any atom is 0.310 e. The lowest BCUT2D eigenvalue weighted by atomic mass is 9.95. The van der Waals surface area contributed by atoms with Gasteiger partial charge in [0, 0.05) is 18.4 Å². The Labute approximate surface area is 112 Å². The summed E-state index contributed by atoms with van der Waals surface area (Å²) < 4.78 is 5.46. The van der Waals surface area contributed by atoms with Crippen molar-refractivity contribution in [2.24, 2.45) is 0 Å². The van der Waals surface area contributed by atoms with Crippen LogP contribution in [0.5, 0.6) is 5.75 Å². The van der Waals surface area contributed by atoms with Crippen molar-refractivity contribution in [2.75, 3.05) is 0 Å². The van der Waals surface area contributed by atoms with Crippen LogP contribution in [0, 0.1) is 10.1 Å². The second-order valence-corrected chi connectivity index (χ2v) is 4.69. The molecule has 0 aliphatic heterocycles. The van der Waals surface area contributed by atoms with Crippen LogP contribution in [0.15, 0.2) is 18.2 Å². The largest absolute Gasteiger partial charge is 0.484 e. The predicted octanol–water partition coefficient (Wildman–Crippen LogP) is 3.46. The Morgan fingerprint density at radius 3 is 2.47 bits per heavy atom. The topological polar surface area (TPSA) is 69.4 Å². The normalized spacial score (nSPS) is 12.3.